The highest BCUT2D eigenvalue weighted by atomic mass is 79.9. The minimum Gasteiger partial charge on any atom is -0.236 e. The highest BCUT2D eigenvalue weighted by molar-refractivity contribution is 9.10. The van der Waals surface area contributed by atoms with Crippen molar-refractivity contribution in [3.8, 4) is 5.82 Å². The van der Waals surface area contributed by atoms with E-state index in [4.69, 9.17) is 0 Å². The van der Waals surface area contributed by atoms with Crippen molar-refractivity contribution in [3.63, 3.8) is 0 Å². The van der Waals surface area contributed by atoms with E-state index in [1.165, 1.54) is 0 Å². The van der Waals surface area contributed by atoms with Crippen LogP contribution in [0.1, 0.15) is 0 Å². The molecule has 66 valence electrons. The van der Waals surface area contributed by atoms with Crippen LogP contribution >= 0.6 is 31.9 Å². The van der Waals surface area contributed by atoms with Crippen molar-refractivity contribution in [2.45, 2.75) is 0 Å². The van der Waals surface area contributed by atoms with E-state index in [2.05, 4.69) is 41.9 Å². The molecule has 2 rings (SSSR count). The molecule has 0 N–H and O–H groups in total. The Morgan fingerprint density at radius 2 is 2.00 bits per heavy atom. The van der Waals surface area contributed by atoms with Gasteiger partial charge in [-0.3, -0.25) is 0 Å². The van der Waals surface area contributed by atoms with Crippen LogP contribution in [0, 0.1) is 0 Å². The van der Waals surface area contributed by atoms with Gasteiger partial charge in [0.25, 0.3) is 0 Å². The molecule has 0 amide bonds. The molecule has 0 saturated heterocycles. The molecule has 2 aromatic heterocycles. The van der Waals surface area contributed by atoms with E-state index >= 15 is 0 Å². The van der Waals surface area contributed by atoms with Gasteiger partial charge in [0.15, 0.2) is 5.82 Å². The molecular formula is C8H5Br2N3. The second-order valence-electron chi connectivity index (χ2n) is 2.40. The van der Waals surface area contributed by atoms with Gasteiger partial charge >= 0.3 is 0 Å². The van der Waals surface area contributed by atoms with Crippen LogP contribution in [0.4, 0.5) is 0 Å². The largest absolute Gasteiger partial charge is 0.236 e. The van der Waals surface area contributed by atoms with Crippen molar-refractivity contribution >= 4 is 31.9 Å². The predicted molar refractivity (Wildman–Crippen MR) is 56.8 cm³/mol. The van der Waals surface area contributed by atoms with Crippen molar-refractivity contribution in [2.24, 2.45) is 0 Å². The van der Waals surface area contributed by atoms with Gasteiger partial charge in [0.2, 0.25) is 0 Å². The van der Waals surface area contributed by atoms with Crippen molar-refractivity contribution < 1.29 is 0 Å². The van der Waals surface area contributed by atoms with Gasteiger partial charge in [-0.05, 0) is 50.1 Å². The molecule has 0 bridgehead atoms. The number of hydrogen-bond donors (Lipinski definition) is 0. The van der Waals surface area contributed by atoms with E-state index in [1.807, 2.05) is 18.2 Å². The molecule has 0 aliphatic carbocycles. The van der Waals surface area contributed by atoms with E-state index < -0.39 is 0 Å². The lowest BCUT2D eigenvalue weighted by Gasteiger charge is -2.00. The maximum Gasteiger partial charge on any atom is 0.154 e. The summed E-state index contributed by atoms with van der Waals surface area (Å²) in [5.41, 5.74) is 0. The number of pyridine rings is 1. The predicted octanol–water partition coefficient (Wildman–Crippen LogP) is 2.79. The van der Waals surface area contributed by atoms with Gasteiger partial charge in [0, 0.05) is 10.7 Å². The van der Waals surface area contributed by atoms with Gasteiger partial charge in [-0.2, -0.15) is 5.10 Å². The van der Waals surface area contributed by atoms with Crippen LogP contribution in [0.5, 0.6) is 0 Å². The lowest BCUT2D eigenvalue weighted by atomic mass is 10.5. The average molecular weight is 303 g/mol. The van der Waals surface area contributed by atoms with Gasteiger partial charge in [-0.1, -0.05) is 0 Å². The van der Waals surface area contributed by atoms with E-state index in [0.29, 0.717) is 0 Å². The minimum atomic E-state index is 0.792. The standard InChI is InChI=1S/C8H5Br2N3/c9-6-1-2-8(11-5-6)13-7(10)3-4-12-13/h1-5H. The van der Waals surface area contributed by atoms with E-state index in [-0.39, 0.29) is 0 Å². The molecule has 0 spiro atoms. The number of aromatic nitrogens is 3. The summed E-state index contributed by atoms with van der Waals surface area (Å²) in [7, 11) is 0. The van der Waals surface area contributed by atoms with Gasteiger partial charge in [-0.15, -0.1) is 0 Å². The molecule has 2 heterocycles. The van der Waals surface area contributed by atoms with Crippen LogP contribution < -0.4 is 0 Å². The first-order valence-electron chi connectivity index (χ1n) is 3.59. The normalized spacial score (nSPS) is 10.3. The first-order chi connectivity index (χ1) is 6.27. The minimum absolute atomic E-state index is 0.792. The van der Waals surface area contributed by atoms with Gasteiger partial charge in [-0.25, -0.2) is 9.67 Å². The van der Waals surface area contributed by atoms with E-state index in [0.717, 1.165) is 14.9 Å². The molecule has 0 fully saturated rings. The SMILES string of the molecule is Brc1ccc(-n2nccc2Br)nc1. The molecule has 13 heavy (non-hydrogen) atoms. The number of hydrogen-bond acceptors (Lipinski definition) is 2. The fraction of sp³-hybridized carbons (Fsp3) is 0. The van der Waals surface area contributed by atoms with Crippen molar-refractivity contribution in [3.05, 3.63) is 39.7 Å². The van der Waals surface area contributed by atoms with E-state index in [1.54, 1.807) is 17.1 Å². The smallest absolute Gasteiger partial charge is 0.154 e. The zero-order valence-corrected chi connectivity index (χ0v) is 9.66. The molecule has 0 aliphatic rings. The Balaban J connectivity index is 2.47. The second-order valence-corrected chi connectivity index (χ2v) is 4.13. The fourth-order valence-corrected chi connectivity index (χ4v) is 1.58. The van der Waals surface area contributed by atoms with Crippen molar-refractivity contribution in [1.29, 1.82) is 0 Å². The molecule has 0 aromatic carbocycles. The maximum absolute atomic E-state index is 4.21. The van der Waals surface area contributed by atoms with Crippen LogP contribution in [0.25, 0.3) is 5.82 Å². The average Bonchev–Trinajstić information content (AvgIpc) is 2.53. The Bertz CT molecular complexity index is 408. The lowest BCUT2D eigenvalue weighted by molar-refractivity contribution is 0.828. The van der Waals surface area contributed by atoms with E-state index in [9.17, 15) is 0 Å². The topological polar surface area (TPSA) is 30.7 Å². The van der Waals surface area contributed by atoms with Gasteiger partial charge < -0.3 is 0 Å². The Labute approximate surface area is 92.1 Å². The van der Waals surface area contributed by atoms with Crippen molar-refractivity contribution in [2.75, 3.05) is 0 Å². The molecule has 3 nitrogen and oxygen atoms in total. The Hall–Kier alpha value is -0.680. The molecule has 0 radical (unpaired) electrons. The highest BCUT2D eigenvalue weighted by Crippen LogP contribution is 2.15. The quantitative estimate of drug-likeness (QED) is 0.811. The molecule has 0 aliphatic heterocycles. The Morgan fingerprint density at radius 3 is 2.54 bits per heavy atom. The summed E-state index contributed by atoms with van der Waals surface area (Å²) in [6.45, 7) is 0. The number of halogens is 2. The molecule has 0 unspecified atom stereocenters. The third kappa shape index (κ3) is 1.81. The fourth-order valence-electron chi connectivity index (χ4n) is 0.949. The molecule has 2 aromatic rings. The number of nitrogens with zero attached hydrogens (tertiary/aromatic N) is 3. The Kier molecular flexibility index (Phi) is 2.46. The van der Waals surface area contributed by atoms with Crippen LogP contribution in [0.2, 0.25) is 0 Å². The van der Waals surface area contributed by atoms with Crippen LogP contribution in [0.15, 0.2) is 39.7 Å². The summed E-state index contributed by atoms with van der Waals surface area (Å²) in [5.74, 6) is 0.792. The summed E-state index contributed by atoms with van der Waals surface area (Å²) < 4.78 is 3.56. The molecule has 5 heteroatoms. The molecular weight excluding hydrogens is 298 g/mol. The molecule has 0 saturated carbocycles. The summed E-state index contributed by atoms with van der Waals surface area (Å²) in [4.78, 5) is 4.21. The van der Waals surface area contributed by atoms with Crippen LogP contribution in [0.3, 0.4) is 0 Å². The monoisotopic (exact) mass is 301 g/mol. The lowest BCUT2D eigenvalue weighted by Crippen LogP contribution is -1.98. The van der Waals surface area contributed by atoms with Crippen molar-refractivity contribution in [1.82, 2.24) is 14.8 Å². The third-order valence-electron chi connectivity index (χ3n) is 1.53. The summed E-state index contributed by atoms with van der Waals surface area (Å²) in [6, 6.07) is 5.68. The maximum atomic E-state index is 4.21. The van der Waals surface area contributed by atoms with Gasteiger partial charge in [0.1, 0.15) is 4.60 Å². The highest BCUT2D eigenvalue weighted by Gasteiger charge is 2.01. The first-order valence-corrected chi connectivity index (χ1v) is 5.17. The zero-order valence-electron chi connectivity index (χ0n) is 6.48. The summed E-state index contributed by atoms with van der Waals surface area (Å²) in [6.07, 6.45) is 3.46. The third-order valence-corrected chi connectivity index (χ3v) is 2.59. The summed E-state index contributed by atoms with van der Waals surface area (Å²) in [5, 5.41) is 4.11. The zero-order chi connectivity index (χ0) is 9.26. The van der Waals surface area contributed by atoms with Crippen LogP contribution in [-0.4, -0.2) is 14.8 Å². The second kappa shape index (κ2) is 3.59. The Morgan fingerprint density at radius 1 is 1.15 bits per heavy atom. The van der Waals surface area contributed by atoms with Gasteiger partial charge in [0.05, 0.1) is 6.20 Å². The number of rotatable bonds is 1. The van der Waals surface area contributed by atoms with Crippen LogP contribution in [-0.2, 0) is 0 Å². The first kappa shape index (κ1) is 8.90. The molecule has 0 atom stereocenters. The summed E-state index contributed by atoms with van der Waals surface area (Å²) >= 11 is 6.69.